The molecule has 0 amide bonds. The third-order valence-electron chi connectivity index (χ3n) is 2.58. The third-order valence-corrected chi connectivity index (χ3v) is 4.62. The van der Waals surface area contributed by atoms with Crippen LogP contribution in [0.2, 0.25) is 0 Å². The number of hydrogen-bond acceptors (Lipinski definition) is 8. The molecule has 0 radical (unpaired) electrons. The molecular weight excluding hydrogens is 310 g/mol. The summed E-state index contributed by atoms with van der Waals surface area (Å²) in [5.41, 5.74) is 0.0724. The number of ketones is 1. The maximum absolute atomic E-state index is 11.8. The number of esters is 1. The van der Waals surface area contributed by atoms with Crippen LogP contribution in [0.1, 0.15) is 52.0 Å². The summed E-state index contributed by atoms with van der Waals surface area (Å²) < 4.78 is 4.92. The van der Waals surface area contributed by atoms with Crippen molar-refractivity contribution in [1.82, 2.24) is 9.97 Å². The molecule has 0 aliphatic rings. The number of carbonyl (C=O) groups is 2. The molecule has 0 aromatic carbocycles. The number of hydrogen-bond donors (Lipinski definition) is 1. The molecule has 0 fully saturated rings. The Hall–Kier alpha value is -1.80. The molecular formula is C13H15N3O3S2. The molecule has 0 aliphatic heterocycles. The molecule has 1 atom stereocenters. The number of carbonyl (C=O) groups excluding carboxylic acids is 2. The van der Waals surface area contributed by atoms with E-state index in [9.17, 15) is 9.59 Å². The maximum atomic E-state index is 11.8. The van der Waals surface area contributed by atoms with Crippen LogP contribution in [-0.4, -0.2) is 28.3 Å². The zero-order valence-electron chi connectivity index (χ0n) is 11.9. The molecule has 0 saturated heterocycles. The number of thiazole rings is 2. The van der Waals surface area contributed by atoms with Gasteiger partial charge in [0, 0.05) is 18.5 Å². The van der Waals surface area contributed by atoms with Crippen LogP contribution < -0.4 is 5.32 Å². The van der Waals surface area contributed by atoms with Crippen LogP contribution in [-0.2, 0) is 4.74 Å². The first-order valence-corrected chi connectivity index (χ1v) is 8.07. The second-order valence-electron chi connectivity index (χ2n) is 4.21. The van der Waals surface area contributed by atoms with Gasteiger partial charge in [-0.3, -0.25) is 4.79 Å². The molecule has 2 rings (SSSR count). The van der Waals surface area contributed by atoms with Crippen molar-refractivity contribution < 1.29 is 14.3 Å². The molecule has 112 valence electrons. The molecule has 21 heavy (non-hydrogen) atoms. The second kappa shape index (κ2) is 6.77. The Morgan fingerprint density at radius 2 is 2.24 bits per heavy atom. The van der Waals surface area contributed by atoms with Gasteiger partial charge >= 0.3 is 5.97 Å². The second-order valence-corrected chi connectivity index (χ2v) is 6.13. The van der Waals surface area contributed by atoms with Gasteiger partial charge in [0.15, 0.2) is 16.6 Å². The van der Waals surface area contributed by atoms with Gasteiger partial charge in [-0.1, -0.05) is 11.3 Å². The highest BCUT2D eigenvalue weighted by Crippen LogP contribution is 2.28. The smallest absolute Gasteiger partial charge is 0.358 e. The number of anilines is 1. The maximum Gasteiger partial charge on any atom is 0.358 e. The Morgan fingerprint density at radius 1 is 1.48 bits per heavy atom. The molecule has 0 bridgehead atoms. The van der Waals surface area contributed by atoms with E-state index in [0.717, 1.165) is 16.3 Å². The monoisotopic (exact) mass is 325 g/mol. The van der Waals surface area contributed by atoms with Crippen molar-refractivity contribution in [2.45, 2.75) is 26.8 Å². The summed E-state index contributed by atoms with van der Waals surface area (Å²) in [6.07, 6.45) is 1.73. The molecule has 6 nitrogen and oxygen atoms in total. The number of rotatable bonds is 6. The van der Waals surface area contributed by atoms with Gasteiger partial charge in [0.05, 0.1) is 12.6 Å². The lowest BCUT2D eigenvalue weighted by Crippen LogP contribution is -2.10. The highest BCUT2D eigenvalue weighted by molar-refractivity contribution is 7.17. The Labute approximate surface area is 130 Å². The van der Waals surface area contributed by atoms with Crippen LogP contribution >= 0.6 is 22.7 Å². The average molecular weight is 325 g/mol. The Morgan fingerprint density at radius 3 is 2.81 bits per heavy atom. The lowest BCUT2D eigenvalue weighted by molar-refractivity contribution is 0.0517. The van der Waals surface area contributed by atoms with Crippen molar-refractivity contribution in [1.29, 1.82) is 0 Å². The summed E-state index contributed by atoms with van der Waals surface area (Å²) in [4.78, 5) is 32.2. The molecule has 2 aromatic heterocycles. The van der Waals surface area contributed by atoms with Gasteiger partial charge in [-0.15, -0.1) is 11.3 Å². The van der Waals surface area contributed by atoms with Gasteiger partial charge in [-0.05, 0) is 13.8 Å². The topological polar surface area (TPSA) is 81.2 Å². The van der Waals surface area contributed by atoms with E-state index in [0.29, 0.717) is 10.0 Å². The number of Topliss-reactive ketones (excluding diaryl/α,β-unsaturated/α-hetero) is 1. The lowest BCUT2D eigenvalue weighted by Gasteiger charge is -2.08. The van der Waals surface area contributed by atoms with Crippen molar-refractivity contribution in [2.24, 2.45) is 0 Å². The third kappa shape index (κ3) is 3.64. The molecule has 0 spiro atoms. The SMILES string of the molecule is CCOC(=O)c1nc(NC(C)c2nccs2)sc1C(C)=O. The minimum absolute atomic E-state index is 0.0500. The van der Waals surface area contributed by atoms with Crippen LogP contribution in [0.4, 0.5) is 5.13 Å². The standard InChI is InChI=1S/C13H15N3O3S2/c1-4-19-12(18)9-10(8(3)17)21-13(16-9)15-7(2)11-14-5-6-20-11/h5-7H,4H2,1-3H3,(H,15,16). The summed E-state index contributed by atoms with van der Waals surface area (Å²) in [6.45, 7) is 5.30. The van der Waals surface area contributed by atoms with E-state index in [1.54, 1.807) is 13.1 Å². The zero-order valence-corrected chi connectivity index (χ0v) is 13.5. The fraction of sp³-hybridized carbons (Fsp3) is 0.385. The van der Waals surface area contributed by atoms with Gasteiger partial charge in [0.1, 0.15) is 9.88 Å². The minimum Gasteiger partial charge on any atom is -0.461 e. The first kappa shape index (κ1) is 15.6. The van der Waals surface area contributed by atoms with E-state index < -0.39 is 5.97 Å². The van der Waals surface area contributed by atoms with Gasteiger partial charge < -0.3 is 10.1 Å². The fourth-order valence-electron chi connectivity index (χ4n) is 1.65. The van der Waals surface area contributed by atoms with Crippen LogP contribution in [0.25, 0.3) is 0 Å². The van der Waals surface area contributed by atoms with Crippen LogP contribution in [0, 0.1) is 0 Å². The average Bonchev–Trinajstić information content (AvgIpc) is 3.07. The van der Waals surface area contributed by atoms with E-state index in [1.165, 1.54) is 18.3 Å². The fourth-order valence-corrected chi connectivity index (χ4v) is 3.23. The number of ether oxygens (including phenoxy) is 1. The van der Waals surface area contributed by atoms with E-state index in [4.69, 9.17) is 4.74 Å². The van der Waals surface area contributed by atoms with E-state index >= 15 is 0 Å². The Bertz CT molecular complexity index is 637. The number of nitrogens with one attached hydrogen (secondary N) is 1. The summed E-state index contributed by atoms with van der Waals surface area (Å²) in [5, 5.41) is 6.46. The minimum atomic E-state index is -0.575. The summed E-state index contributed by atoms with van der Waals surface area (Å²) in [7, 11) is 0. The predicted molar refractivity (Wildman–Crippen MR) is 82.2 cm³/mol. The summed E-state index contributed by atoms with van der Waals surface area (Å²) >= 11 is 2.68. The van der Waals surface area contributed by atoms with Crippen molar-refractivity contribution >= 4 is 39.6 Å². The van der Waals surface area contributed by atoms with E-state index in [1.807, 2.05) is 12.3 Å². The quantitative estimate of drug-likeness (QED) is 0.649. The van der Waals surface area contributed by atoms with E-state index in [-0.39, 0.29) is 24.1 Å². The zero-order chi connectivity index (χ0) is 15.4. The van der Waals surface area contributed by atoms with Gasteiger partial charge in [-0.25, -0.2) is 14.8 Å². The molecule has 2 heterocycles. The van der Waals surface area contributed by atoms with Crippen molar-refractivity contribution in [3.63, 3.8) is 0 Å². The first-order chi connectivity index (χ1) is 10.0. The summed E-state index contributed by atoms with van der Waals surface area (Å²) in [6, 6.07) is -0.0500. The first-order valence-electron chi connectivity index (χ1n) is 6.37. The molecule has 8 heteroatoms. The molecule has 0 saturated carbocycles. The van der Waals surface area contributed by atoms with E-state index in [2.05, 4.69) is 15.3 Å². The van der Waals surface area contributed by atoms with Gasteiger partial charge in [-0.2, -0.15) is 0 Å². The van der Waals surface area contributed by atoms with Crippen molar-refractivity contribution in [2.75, 3.05) is 11.9 Å². The Kier molecular flexibility index (Phi) is 5.03. The van der Waals surface area contributed by atoms with Crippen LogP contribution in [0.3, 0.4) is 0 Å². The molecule has 0 aliphatic carbocycles. The summed E-state index contributed by atoms with van der Waals surface area (Å²) in [5.74, 6) is -0.778. The van der Waals surface area contributed by atoms with Crippen LogP contribution in [0.5, 0.6) is 0 Å². The lowest BCUT2D eigenvalue weighted by atomic mass is 10.3. The number of aromatic nitrogens is 2. The molecule has 2 aromatic rings. The Balaban J connectivity index is 2.23. The normalized spacial score (nSPS) is 12.0. The molecule has 1 unspecified atom stereocenters. The van der Waals surface area contributed by atoms with Crippen LogP contribution in [0.15, 0.2) is 11.6 Å². The number of nitrogens with zero attached hydrogens (tertiary/aromatic N) is 2. The van der Waals surface area contributed by atoms with Crippen molar-refractivity contribution in [3.05, 3.63) is 27.2 Å². The largest absolute Gasteiger partial charge is 0.461 e. The van der Waals surface area contributed by atoms with Crippen molar-refractivity contribution in [3.8, 4) is 0 Å². The predicted octanol–water partition coefficient (Wildman–Crippen LogP) is 3.15. The van der Waals surface area contributed by atoms with Gasteiger partial charge in [0.25, 0.3) is 0 Å². The van der Waals surface area contributed by atoms with Gasteiger partial charge in [0.2, 0.25) is 0 Å². The molecule has 1 N–H and O–H groups in total. The highest BCUT2D eigenvalue weighted by Gasteiger charge is 2.23. The highest BCUT2D eigenvalue weighted by atomic mass is 32.1.